The third kappa shape index (κ3) is 11.8. The largest absolute Gasteiger partial charge is 0.422 e. The highest BCUT2D eigenvalue weighted by atomic mass is 32.2. The predicted molar refractivity (Wildman–Crippen MR) is 140 cm³/mol. The van der Waals surface area contributed by atoms with E-state index in [1.165, 1.54) is 12.1 Å². The van der Waals surface area contributed by atoms with Crippen molar-refractivity contribution in [1.82, 2.24) is 5.32 Å². The van der Waals surface area contributed by atoms with E-state index in [2.05, 4.69) is 5.32 Å². The van der Waals surface area contributed by atoms with Crippen LogP contribution in [0.25, 0.3) is 0 Å². The Bertz CT molecular complexity index is 941. The molecule has 0 heterocycles. The van der Waals surface area contributed by atoms with Crippen molar-refractivity contribution in [2.75, 3.05) is 26.5 Å². The molecule has 0 spiro atoms. The predicted octanol–water partition coefficient (Wildman–Crippen LogP) is 4.39. The van der Waals surface area contributed by atoms with Gasteiger partial charge in [0.05, 0.1) is 17.1 Å². The molecule has 0 radical (unpaired) electrons. The molecule has 1 atom stereocenters. The molecule has 1 unspecified atom stereocenters. The Morgan fingerprint density at radius 1 is 0.944 bits per heavy atom. The molecule has 0 aliphatic rings. The number of hydrogen-bond donors (Lipinski definition) is 2. The first-order valence-electron chi connectivity index (χ1n) is 12.3. The van der Waals surface area contributed by atoms with Crippen LogP contribution in [-0.2, 0) is 23.9 Å². The average Bonchev–Trinajstić information content (AvgIpc) is 2.74. The third-order valence-electron chi connectivity index (χ3n) is 5.28. The molecule has 2 N–H and O–H groups in total. The summed E-state index contributed by atoms with van der Waals surface area (Å²) < 4.78 is 40.0. The van der Waals surface area contributed by atoms with Crippen LogP contribution in [0.15, 0.2) is 18.2 Å². The van der Waals surface area contributed by atoms with Gasteiger partial charge in [0.2, 0.25) is 0 Å². The van der Waals surface area contributed by atoms with E-state index < -0.39 is 39.0 Å². The highest BCUT2D eigenvalue weighted by molar-refractivity contribution is 7.86. The lowest BCUT2D eigenvalue weighted by atomic mass is 9.88. The lowest BCUT2D eigenvalue weighted by Crippen LogP contribution is -2.31. The molecule has 208 valence electrons. The van der Waals surface area contributed by atoms with Crippen molar-refractivity contribution < 1.29 is 36.8 Å². The molecule has 0 saturated heterocycles. The molecule has 0 aliphatic carbocycles. The number of aliphatic hydroxyl groups is 1. The minimum Gasteiger partial charge on any atom is -0.422 e. The number of benzene rings is 1. The first-order chi connectivity index (χ1) is 16.6. The number of nitrogens with one attached hydrogen (secondary N) is 1. The second kappa shape index (κ2) is 15.3. The summed E-state index contributed by atoms with van der Waals surface area (Å²) in [6.45, 7) is 13.3. The molecular weight excluding hydrogens is 486 g/mol. The lowest BCUT2D eigenvalue weighted by molar-refractivity contribution is -0.147. The van der Waals surface area contributed by atoms with Gasteiger partial charge in [-0.1, -0.05) is 32.8 Å². The van der Waals surface area contributed by atoms with Crippen molar-refractivity contribution in [3.05, 3.63) is 23.8 Å². The van der Waals surface area contributed by atoms with Crippen molar-refractivity contribution >= 4 is 22.1 Å². The van der Waals surface area contributed by atoms with E-state index >= 15 is 0 Å². The third-order valence-corrected chi connectivity index (χ3v) is 5.86. The molecule has 0 saturated carbocycles. The number of carbonyl (C=O) groups excluding carboxylic acids is 2. The van der Waals surface area contributed by atoms with Gasteiger partial charge in [-0.2, -0.15) is 8.42 Å². The molecule has 9 nitrogen and oxygen atoms in total. The number of aliphatic hydroxyl groups excluding tert-OH is 1. The van der Waals surface area contributed by atoms with Gasteiger partial charge < -0.3 is 19.9 Å². The van der Waals surface area contributed by atoms with Crippen LogP contribution in [0.3, 0.4) is 0 Å². The molecular formula is C26H45NO8S. The average molecular weight is 532 g/mol. The van der Waals surface area contributed by atoms with E-state index in [1.807, 2.05) is 13.8 Å². The Morgan fingerprint density at radius 2 is 1.39 bits per heavy atom. The Morgan fingerprint density at radius 3 is 1.78 bits per heavy atom. The van der Waals surface area contributed by atoms with Gasteiger partial charge in [0.15, 0.2) is 11.5 Å². The maximum atomic E-state index is 12.9. The summed E-state index contributed by atoms with van der Waals surface area (Å²) in [6.07, 6.45) is 2.96. The first kappa shape index (κ1) is 34.0. The molecule has 0 fully saturated rings. The van der Waals surface area contributed by atoms with Crippen molar-refractivity contribution in [1.29, 1.82) is 0 Å². The quantitative estimate of drug-likeness (QED) is 0.216. The van der Waals surface area contributed by atoms with Gasteiger partial charge in [-0.3, -0.25) is 13.8 Å². The van der Waals surface area contributed by atoms with Crippen molar-refractivity contribution in [3.8, 4) is 11.5 Å². The Balaban J connectivity index is 0.00000387. The van der Waals surface area contributed by atoms with Gasteiger partial charge in [0.25, 0.3) is 10.1 Å². The summed E-state index contributed by atoms with van der Waals surface area (Å²) in [5.41, 5.74) is -1.01. The van der Waals surface area contributed by atoms with Gasteiger partial charge in [-0.15, -0.1) is 0 Å². The summed E-state index contributed by atoms with van der Waals surface area (Å²) >= 11 is 0. The lowest BCUT2D eigenvalue weighted by Gasteiger charge is -2.25. The summed E-state index contributed by atoms with van der Waals surface area (Å²) in [7, 11) is -2.08. The second-order valence-corrected chi connectivity index (χ2v) is 11.5. The summed E-state index contributed by atoms with van der Waals surface area (Å²) in [4.78, 5) is 25.7. The summed E-state index contributed by atoms with van der Waals surface area (Å²) in [5.74, 6) is -0.779. The maximum absolute atomic E-state index is 12.9. The molecule has 0 aromatic heterocycles. The van der Waals surface area contributed by atoms with Crippen LogP contribution in [0.5, 0.6) is 11.5 Å². The van der Waals surface area contributed by atoms with Gasteiger partial charge >= 0.3 is 11.9 Å². The standard InChI is InChI=1S/C24H39NO7S.C2H6O/c1-9-13-23(3,4)21(26)30-18-12-11-17(20(16-25-7)32-33(8,28)29)15-19(18)31-22(27)24(5,6)14-10-2;1-2-3/h11-12,15,20,25H,9-10,13-14,16H2,1-8H3;3H,2H2,1H3. The Labute approximate surface area is 217 Å². The fourth-order valence-electron chi connectivity index (χ4n) is 3.42. The van der Waals surface area contributed by atoms with Crippen LogP contribution in [0.2, 0.25) is 0 Å². The van der Waals surface area contributed by atoms with Crippen LogP contribution in [0, 0.1) is 10.8 Å². The SMILES string of the molecule is CCCC(C)(C)C(=O)Oc1ccc(C(CNC)OS(C)(=O)=O)cc1OC(=O)C(C)(C)CCC.CCO. The molecule has 10 heteroatoms. The zero-order valence-corrected chi connectivity index (χ0v) is 24.1. The van der Waals surface area contributed by atoms with Crippen LogP contribution < -0.4 is 14.8 Å². The zero-order valence-electron chi connectivity index (χ0n) is 23.3. The molecule has 1 aromatic rings. The number of hydrogen-bond acceptors (Lipinski definition) is 9. The fraction of sp³-hybridized carbons (Fsp3) is 0.692. The highest BCUT2D eigenvalue weighted by Gasteiger charge is 2.33. The van der Waals surface area contributed by atoms with E-state index in [-0.39, 0.29) is 24.7 Å². The van der Waals surface area contributed by atoms with Gasteiger partial charge in [0.1, 0.15) is 6.10 Å². The number of esters is 2. The van der Waals surface area contributed by atoms with Gasteiger partial charge in [-0.25, -0.2) is 0 Å². The van der Waals surface area contributed by atoms with E-state index in [1.54, 1.807) is 47.7 Å². The van der Waals surface area contributed by atoms with Gasteiger partial charge in [-0.05, 0) is 72.2 Å². The minimum atomic E-state index is -3.75. The molecule has 0 aliphatic heterocycles. The van der Waals surface area contributed by atoms with E-state index in [0.717, 1.165) is 19.1 Å². The molecule has 1 rings (SSSR count). The smallest absolute Gasteiger partial charge is 0.317 e. The molecule has 0 bridgehead atoms. The van der Waals surface area contributed by atoms with Crippen molar-refractivity contribution in [2.24, 2.45) is 10.8 Å². The monoisotopic (exact) mass is 531 g/mol. The Hall–Kier alpha value is -2.01. The van der Waals surface area contributed by atoms with E-state index in [0.29, 0.717) is 18.4 Å². The normalized spacial score (nSPS) is 12.8. The first-order valence-corrected chi connectivity index (χ1v) is 14.1. The maximum Gasteiger partial charge on any atom is 0.317 e. The fourth-order valence-corrected chi connectivity index (χ4v) is 4.02. The van der Waals surface area contributed by atoms with Crippen LogP contribution in [0.4, 0.5) is 0 Å². The number of carbonyl (C=O) groups is 2. The highest BCUT2D eigenvalue weighted by Crippen LogP contribution is 2.36. The minimum absolute atomic E-state index is 0.0422. The summed E-state index contributed by atoms with van der Waals surface area (Å²) in [6, 6.07) is 4.58. The number of rotatable bonds is 13. The topological polar surface area (TPSA) is 128 Å². The summed E-state index contributed by atoms with van der Waals surface area (Å²) in [5, 5.41) is 10.5. The number of ether oxygens (including phenoxy) is 2. The van der Waals surface area contributed by atoms with Crippen LogP contribution in [-0.4, -0.2) is 51.9 Å². The van der Waals surface area contributed by atoms with Crippen LogP contribution in [0.1, 0.15) is 85.8 Å². The molecule has 36 heavy (non-hydrogen) atoms. The molecule has 1 aromatic carbocycles. The van der Waals surface area contributed by atoms with Gasteiger partial charge in [0, 0.05) is 13.2 Å². The van der Waals surface area contributed by atoms with E-state index in [9.17, 15) is 18.0 Å². The van der Waals surface area contributed by atoms with Crippen molar-refractivity contribution in [2.45, 2.75) is 80.3 Å². The van der Waals surface area contributed by atoms with E-state index in [4.69, 9.17) is 18.8 Å². The zero-order chi connectivity index (χ0) is 28.2. The Kier molecular flexibility index (Phi) is 14.4. The number of likely N-dealkylation sites (N-methyl/N-ethyl adjacent to an activating group) is 1. The molecule has 0 amide bonds. The second-order valence-electron chi connectivity index (χ2n) is 9.92. The van der Waals surface area contributed by atoms with Crippen LogP contribution >= 0.6 is 0 Å². The van der Waals surface area contributed by atoms with Crippen molar-refractivity contribution in [3.63, 3.8) is 0 Å².